The van der Waals surface area contributed by atoms with Crippen LogP contribution >= 0.6 is 12.2 Å². The molecule has 27 heavy (non-hydrogen) atoms. The second kappa shape index (κ2) is 7.20. The van der Waals surface area contributed by atoms with Crippen LogP contribution in [0.1, 0.15) is 19.4 Å². The van der Waals surface area contributed by atoms with Gasteiger partial charge in [-0.15, -0.1) is 0 Å². The van der Waals surface area contributed by atoms with Gasteiger partial charge < -0.3 is 9.72 Å². The summed E-state index contributed by atoms with van der Waals surface area (Å²) in [5.41, 5.74) is 2.92. The molecule has 0 aliphatic heterocycles. The first-order chi connectivity index (χ1) is 13.1. The van der Waals surface area contributed by atoms with Crippen molar-refractivity contribution in [1.29, 1.82) is 0 Å². The van der Waals surface area contributed by atoms with Crippen LogP contribution in [0, 0.1) is 4.77 Å². The third-order valence-corrected chi connectivity index (χ3v) is 4.31. The molecular weight excluding hydrogens is 358 g/mol. The summed E-state index contributed by atoms with van der Waals surface area (Å²) in [6.45, 7) is 3.99. The Morgan fingerprint density at radius 2 is 2.04 bits per heavy atom. The zero-order valence-corrected chi connectivity index (χ0v) is 15.8. The molecule has 2 aromatic carbocycles. The Morgan fingerprint density at radius 3 is 2.89 bits per heavy atom. The SMILES string of the molecule is CC(C)Oc1cccc(-c2n[nH]c(=S)n2/N=C/c2c[nH]c3ccccc23)c1. The number of fused-ring (bicyclic) bond motifs is 1. The second-order valence-corrected chi connectivity index (χ2v) is 6.78. The van der Waals surface area contributed by atoms with Crippen molar-refractivity contribution in [3.8, 4) is 17.1 Å². The standard InChI is InChI=1S/C20H19N5OS/c1-13(2)26-16-7-5-6-14(10-16)19-23-24-20(27)25(19)22-12-15-11-21-18-9-4-3-8-17(15)18/h3-13,21H,1-2H3,(H,24,27)/b22-12+. The van der Waals surface area contributed by atoms with E-state index in [1.807, 2.05) is 62.5 Å². The topological polar surface area (TPSA) is 71.0 Å². The van der Waals surface area contributed by atoms with Gasteiger partial charge in [-0.3, -0.25) is 0 Å². The van der Waals surface area contributed by atoms with E-state index in [0.717, 1.165) is 27.8 Å². The molecule has 0 aliphatic carbocycles. The molecule has 0 saturated carbocycles. The molecule has 0 unspecified atom stereocenters. The average molecular weight is 377 g/mol. The number of benzene rings is 2. The molecule has 7 heteroatoms. The van der Waals surface area contributed by atoms with E-state index in [9.17, 15) is 0 Å². The monoisotopic (exact) mass is 377 g/mol. The zero-order chi connectivity index (χ0) is 18.8. The molecule has 136 valence electrons. The van der Waals surface area contributed by atoms with Crippen molar-refractivity contribution in [2.45, 2.75) is 20.0 Å². The number of aromatic nitrogens is 4. The molecule has 4 rings (SSSR count). The van der Waals surface area contributed by atoms with Crippen molar-refractivity contribution in [3.63, 3.8) is 0 Å². The number of nitrogens with zero attached hydrogens (tertiary/aromatic N) is 3. The number of aromatic amines is 2. The summed E-state index contributed by atoms with van der Waals surface area (Å²) in [4.78, 5) is 3.24. The maximum atomic E-state index is 5.77. The third kappa shape index (κ3) is 3.54. The predicted octanol–water partition coefficient (Wildman–Crippen LogP) is 4.76. The summed E-state index contributed by atoms with van der Waals surface area (Å²) >= 11 is 5.36. The Labute approximate surface area is 161 Å². The van der Waals surface area contributed by atoms with Crippen LogP contribution in [0.25, 0.3) is 22.3 Å². The van der Waals surface area contributed by atoms with Crippen LogP contribution in [0.15, 0.2) is 59.8 Å². The van der Waals surface area contributed by atoms with Gasteiger partial charge in [-0.2, -0.15) is 14.9 Å². The van der Waals surface area contributed by atoms with Gasteiger partial charge >= 0.3 is 0 Å². The van der Waals surface area contributed by atoms with Gasteiger partial charge in [0.1, 0.15) is 5.75 Å². The van der Waals surface area contributed by atoms with E-state index in [0.29, 0.717) is 10.6 Å². The van der Waals surface area contributed by atoms with Crippen molar-refractivity contribution in [3.05, 3.63) is 65.1 Å². The summed E-state index contributed by atoms with van der Waals surface area (Å²) in [7, 11) is 0. The van der Waals surface area contributed by atoms with Crippen molar-refractivity contribution < 1.29 is 4.74 Å². The fraction of sp³-hybridized carbons (Fsp3) is 0.150. The van der Waals surface area contributed by atoms with E-state index in [1.54, 1.807) is 10.9 Å². The molecule has 0 saturated heterocycles. The van der Waals surface area contributed by atoms with Crippen molar-refractivity contribution in [2.75, 3.05) is 0 Å². The Balaban J connectivity index is 1.71. The molecular formula is C20H19N5OS. The quantitative estimate of drug-likeness (QED) is 0.389. The maximum absolute atomic E-state index is 5.77. The van der Waals surface area contributed by atoms with Crippen LogP contribution in [0.5, 0.6) is 5.75 Å². The van der Waals surface area contributed by atoms with Gasteiger partial charge in [0.15, 0.2) is 5.82 Å². The first-order valence-corrected chi connectivity index (χ1v) is 9.07. The summed E-state index contributed by atoms with van der Waals surface area (Å²) in [5.74, 6) is 1.41. The summed E-state index contributed by atoms with van der Waals surface area (Å²) in [6.07, 6.45) is 3.80. The largest absolute Gasteiger partial charge is 0.491 e. The summed E-state index contributed by atoms with van der Waals surface area (Å²) < 4.78 is 7.82. The molecule has 0 atom stereocenters. The maximum Gasteiger partial charge on any atom is 0.216 e. The molecule has 0 fully saturated rings. The van der Waals surface area contributed by atoms with Crippen molar-refractivity contribution in [1.82, 2.24) is 19.9 Å². The first-order valence-electron chi connectivity index (χ1n) is 8.67. The molecule has 2 N–H and O–H groups in total. The molecule has 6 nitrogen and oxygen atoms in total. The Kier molecular flexibility index (Phi) is 4.60. The Morgan fingerprint density at radius 1 is 1.19 bits per heavy atom. The van der Waals surface area contributed by atoms with Crippen LogP contribution in [0.3, 0.4) is 0 Å². The number of hydrogen-bond acceptors (Lipinski definition) is 4. The predicted molar refractivity (Wildman–Crippen MR) is 110 cm³/mol. The highest BCUT2D eigenvalue weighted by Gasteiger charge is 2.10. The van der Waals surface area contributed by atoms with Crippen LogP contribution in [-0.2, 0) is 0 Å². The number of ether oxygens (including phenoxy) is 1. The zero-order valence-electron chi connectivity index (χ0n) is 15.0. The highest BCUT2D eigenvalue weighted by Crippen LogP contribution is 2.23. The highest BCUT2D eigenvalue weighted by molar-refractivity contribution is 7.71. The number of para-hydroxylation sites is 1. The molecule has 2 heterocycles. The normalized spacial score (nSPS) is 11.7. The number of rotatable bonds is 5. The van der Waals surface area contributed by atoms with E-state index in [4.69, 9.17) is 17.0 Å². The second-order valence-electron chi connectivity index (χ2n) is 6.39. The molecule has 0 spiro atoms. The van der Waals surface area contributed by atoms with E-state index in [2.05, 4.69) is 26.3 Å². The fourth-order valence-corrected chi connectivity index (χ4v) is 3.07. The Bertz CT molecular complexity index is 1170. The van der Waals surface area contributed by atoms with Gasteiger partial charge in [-0.05, 0) is 44.3 Å². The van der Waals surface area contributed by atoms with Gasteiger partial charge in [-0.25, -0.2) is 5.10 Å². The van der Waals surface area contributed by atoms with Crippen LogP contribution in [0.4, 0.5) is 0 Å². The van der Waals surface area contributed by atoms with Crippen LogP contribution < -0.4 is 4.74 Å². The lowest BCUT2D eigenvalue weighted by molar-refractivity contribution is 0.242. The van der Waals surface area contributed by atoms with Crippen molar-refractivity contribution >= 4 is 29.3 Å². The lowest BCUT2D eigenvalue weighted by atomic mass is 10.2. The van der Waals surface area contributed by atoms with Gasteiger partial charge in [0, 0.05) is 28.2 Å². The van der Waals surface area contributed by atoms with Gasteiger partial charge in [0.05, 0.1) is 12.3 Å². The molecule has 0 radical (unpaired) electrons. The van der Waals surface area contributed by atoms with Gasteiger partial charge in [0.25, 0.3) is 0 Å². The number of nitrogens with one attached hydrogen (secondary N) is 2. The third-order valence-electron chi connectivity index (χ3n) is 4.05. The molecule has 0 aliphatic rings. The van der Waals surface area contributed by atoms with Gasteiger partial charge in [-0.1, -0.05) is 30.3 Å². The van der Waals surface area contributed by atoms with Gasteiger partial charge in [0.2, 0.25) is 4.77 Å². The number of H-pyrrole nitrogens is 2. The molecule has 2 aromatic heterocycles. The van der Waals surface area contributed by atoms with E-state index in [-0.39, 0.29) is 6.10 Å². The van der Waals surface area contributed by atoms with E-state index < -0.39 is 0 Å². The minimum Gasteiger partial charge on any atom is -0.491 e. The first kappa shape index (κ1) is 17.2. The molecule has 0 amide bonds. The lowest BCUT2D eigenvalue weighted by Crippen LogP contribution is -2.05. The summed E-state index contributed by atoms with van der Waals surface area (Å²) in [5, 5.41) is 12.8. The smallest absolute Gasteiger partial charge is 0.216 e. The number of hydrogen-bond donors (Lipinski definition) is 2. The van der Waals surface area contributed by atoms with Crippen LogP contribution in [-0.4, -0.2) is 32.2 Å². The molecule has 0 bridgehead atoms. The minimum atomic E-state index is 0.0981. The summed E-state index contributed by atoms with van der Waals surface area (Å²) in [6, 6.07) is 15.8. The average Bonchev–Trinajstić information content (AvgIpc) is 3.23. The van der Waals surface area contributed by atoms with E-state index in [1.165, 1.54) is 0 Å². The minimum absolute atomic E-state index is 0.0981. The lowest BCUT2D eigenvalue weighted by Gasteiger charge is -2.10. The highest BCUT2D eigenvalue weighted by atomic mass is 32.1. The van der Waals surface area contributed by atoms with Crippen LogP contribution in [0.2, 0.25) is 0 Å². The fourth-order valence-electron chi connectivity index (χ4n) is 2.89. The molecule has 4 aromatic rings. The Hall–Kier alpha value is -3.19. The van der Waals surface area contributed by atoms with E-state index >= 15 is 0 Å². The van der Waals surface area contributed by atoms with Crippen molar-refractivity contribution in [2.24, 2.45) is 5.10 Å².